The van der Waals surface area contributed by atoms with Crippen LogP contribution in [-0.2, 0) is 0 Å². The van der Waals surface area contributed by atoms with Gasteiger partial charge in [0.15, 0.2) is 16.1 Å². The molecule has 4 aliphatic rings. The lowest BCUT2D eigenvalue weighted by Gasteiger charge is -2.49. The number of hydrogen-bond donors (Lipinski definition) is 0. The van der Waals surface area contributed by atoms with Crippen molar-refractivity contribution < 1.29 is 18.3 Å². The molecule has 442 valence electrons. The quantitative estimate of drug-likeness (QED) is 0.155. The average molecular weight is 1260 g/mol. The zero-order chi connectivity index (χ0) is 62.1. The molecule has 14 aromatic carbocycles. The van der Waals surface area contributed by atoms with Crippen molar-refractivity contribution >= 4 is 170 Å². The van der Waals surface area contributed by atoms with Crippen LogP contribution in [0.1, 0.15) is 0 Å². The summed E-state index contributed by atoms with van der Waals surface area (Å²) in [6.07, 6.45) is 0. The fourth-order valence-electron chi connectivity index (χ4n) is 16.1. The number of furan rings is 2. The molecule has 20 rings (SSSR count). The number of anilines is 6. The second-order valence-corrected chi connectivity index (χ2v) is 32.6. The molecule has 0 saturated carbocycles. The minimum Gasteiger partial charge on any atom is -0.458 e. The van der Waals surface area contributed by atoms with E-state index >= 15 is 0 Å². The van der Waals surface area contributed by atoms with Crippen molar-refractivity contribution in [3.63, 3.8) is 0 Å². The molecule has 0 radical (unpaired) electrons. The summed E-state index contributed by atoms with van der Waals surface area (Å²) in [7, 11) is -5.62. The molecular formula is C84H54BClN2O4Si2. The number of halogens is 1. The minimum atomic E-state index is -2.85. The number of para-hydroxylation sites is 2. The lowest BCUT2D eigenvalue weighted by Crippen LogP contribution is -2.87. The summed E-state index contributed by atoms with van der Waals surface area (Å²) in [5.41, 5.74) is 13.6. The van der Waals surface area contributed by atoms with Crippen molar-refractivity contribution in [3.05, 3.63) is 333 Å². The first-order valence-electron chi connectivity index (χ1n) is 31.9. The molecule has 2 aromatic heterocycles. The Labute approximate surface area is 550 Å². The summed E-state index contributed by atoms with van der Waals surface area (Å²) in [6.45, 7) is 0.0755. The van der Waals surface area contributed by atoms with Crippen molar-refractivity contribution in [1.82, 2.24) is 0 Å². The third-order valence-corrected chi connectivity index (χ3v) is 29.9. The second-order valence-electron chi connectivity index (χ2n) is 24.6. The highest BCUT2D eigenvalue weighted by Crippen LogP contribution is 2.47. The molecule has 0 aliphatic carbocycles. The van der Waals surface area contributed by atoms with Gasteiger partial charge in [-0.1, -0.05) is 230 Å². The summed E-state index contributed by atoms with van der Waals surface area (Å²) >= 11 is 7.26. The monoisotopic (exact) mass is 1260 g/mol. The molecule has 0 N–H and O–H groups in total. The van der Waals surface area contributed by atoms with Crippen LogP contribution in [-0.4, -0.2) is 22.9 Å². The molecule has 0 saturated heterocycles. The van der Waals surface area contributed by atoms with E-state index in [1.165, 1.54) is 63.6 Å². The van der Waals surface area contributed by atoms with Crippen LogP contribution in [0.3, 0.4) is 0 Å². The van der Waals surface area contributed by atoms with E-state index in [0.717, 1.165) is 89.6 Å². The van der Waals surface area contributed by atoms with E-state index in [9.17, 15) is 0 Å². The van der Waals surface area contributed by atoms with Gasteiger partial charge in [0, 0.05) is 62.1 Å². The fourth-order valence-corrected chi connectivity index (χ4v) is 26.4. The molecular weight excluding hydrogens is 1200 g/mol. The van der Waals surface area contributed by atoms with Crippen LogP contribution in [0.15, 0.2) is 336 Å². The van der Waals surface area contributed by atoms with Crippen LogP contribution in [0.2, 0.25) is 5.02 Å². The number of rotatable bonds is 6. The Bertz CT molecular complexity index is 5630. The molecule has 10 heteroatoms. The van der Waals surface area contributed by atoms with Crippen LogP contribution >= 0.6 is 11.6 Å². The number of ether oxygens (including phenoxy) is 2. The highest BCUT2D eigenvalue weighted by atomic mass is 35.5. The van der Waals surface area contributed by atoms with Gasteiger partial charge in [0.1, 0.15) is 50.4 Å². The maximum Gasteiger partial charge on any atom is 0.256 e. The molecule has 6 heterocycles. The maximum atomic E-state index is 7.26. The number of nitrogens with zero attached hydrogens (tertiary/aromatic N) is 2. The number of hydrogen-bond acceptors (Lipinski definition) is 6. The van der Waals surface area contributed by atoms with Gasteiger partial charge in [-0.2, -0.15) is 0 Å². The van der Waals surface area contributed by atoms with Gasteiger partial charge in [0.25, 0.3) is 6.71 Å². The third-order valence-electron chi connectivity index (χ3n) is 19.9. The Kier molecular flexibility index (Phi) is 12.4. The highest BCUT2D eigenvalue weighted by Gasteiger charge is 2.56. The van der Waals surface area contributed by atoms with Crippen LogP contribution in [0, 0.1) is 0 Å². The first-order valence-corrected chi connectivity index (χ1v) is 36.3. The van der Waals surface area contributed by atoms with Gasteiger partial charge >= 0.3 is 0 Å². The summed E-state index contributed by atoms with van der Waals surface area (Å²) in [6, 6.07) is 118. The van der Waals surface area contributed by atoms with E-state index in [1.54, 1.807) is 0 Å². The summed E-state index contributed by atoms with van der Waals surface area (Å²) in [5, 5.41) is 15.7. The standard InChI is InChI=1S/C42H26BNO2Si.C42H28ClNO2Si/c1-3-12-28(13-4-1)47(29-14-5-2-6-15-29)38-22-10-18-33-41(38)43-40-32(17-9-20-35(40)46-36-21-11-23-39(47)42(36)43)44(33)27-24-25-31-30-16-7-8-19-34(30)45-37(31)26-27;43-42-38-21-11-23-40(42)45-31-13-10-19-35(28-31)47(32-14-3-1-4-15-32,33-16-5-2-6-17-33)34-18-9-12-29(26-34)44(38)30-24-25-37-36-20-7-8-22-39(36)46-41(37)27-30/h1-26H;1-28H. The predicted molar refractivity (Wildman–Crippen MR) is 394 cm³/mol. The fraction of sp³-hybridized carbons (Fsp3) is 0. The van der Waals surface area contributed by atoms with Crippen LogP contribution in [0.25, 0.3) is 43.9 Å². The molecule has 0 amide bonds. The average Bonchev–Trinajstić information content (AvgIpc) is 0.771. The highest BCUT2D eigenvalue weighted by molar-refractivity contribution is 7.27. The van der Waals surface area contributed by atoms with Crippen LogP contribution in [0.5, 0.6) is 23.0 Å². The zero-order valence-corrected chi connectivity index (χ0v) is 53.4. The normalized spacial score (nSPS) is 14.1. The van der Waals surface area contributed by atoms with Crippen LogP contribution < -0.4 is 77.2 Å². The largest absolute Gasteiger partial charge is 0.458 e. The van der Waals surface area contributed by atoms with Gasteiger partial charge in [-0.05, 0) is 155 Å². The minimum absolute atomic E-state index is 0.0755. The summed E-state index contributed by atoms with van der Waals surface area (Å²) < 4.78 is 26.3. The Balaban J connectivity index is 0.000000133. The molecule has 6 bridgehead atoms. The van der Waals surface area contributed by atoms with Gasteiger partial charge in [-0.25, -0.2) is 0 Å². The van der Waals surface area contributed by atoms with Crippen molar-refractivity contribution in [2.75, 3.05) is 9.80 Å². The first-order chi connectivity index (χ1) is 46.5. The molecule has 94 heavy (non-hydrogen) atoms. The molecule has 0 atom stereocenters. The lowest BCUT2D eigenvalue weighted by molar-refractivity contribution is 0.483. The van der Waals surface area contributed by atoms with Crippen molar-refractivity contribution in [2.45, 2.75) is 0 Å². The van der Waals surface area contributed by atoms with E-state index < -0.39 is 16.1 Å². The Hall–Kier alpha value is -11.3. The van der Waals surface area contributed by atoms with E-state index in [2.05, 4.69) is 283 Å². The Morgan fingerprint density at radius 1 is 0.277 bits per heavy atom. The van der Waals surface area contributed by atoms with Crippen LogP contribution in [0.4, 0.5) is 34.1 Å². The van der Waals surface area contributed by atoms with E-state index in [1.807, 2.05) is 54.6 Å². The molecule has 4 aliphatic heterocycles. The molecule has 16 aromatic rings. The van der Waals surface area contributed by atoms with Gasteiger partial charge in [-0.15, -0.1) is 0 Å². The smallest absolute Gasteiger partial charge is 0.256 e. The van der Waals surface area contributed by atoms with E-state index in [4.69, 9.17) is 29.9 Å². The van der Waals surface area contributed by atoms with Crippen molar-refractivity contribution in [2.24, 2.45) is 0 Å². The Morgan fingerprint density at radius 3 is 1.31 bits per heavy atom. The summed E-state index contributed by atoms with van der Waals surface area (Å²) in [5.74, 6) is 3.25. The predicted octanol–water partition coefficient (Wildman–Crippen LogP) is 14.9. The van der Waals surface area contributed by atoms with Crippen molar-refractivity contribution in [3.8, 4) is 23.0 Å². The zero-order valence-electron chi connectivity index (χ0n) is 50.7. The third kappa shape index (κ3) is 8.02. The second kappa shape index (κ2) is 21.4. The van der Waals surface area contributed by atoms with E-state index in [-0.39, 0.29) is 6.71 Å². The van der Waals surface area contributed by atoms with Gasteiger partial charge in [0.2, 0.25) is 0 Å². The van der Waals surface area contributed by atoms with Gasteiger partial charge in [-0.3, -0.25) is 0 Å². The lowest BCUT2D eigenvalue weighted by atomic mass is 9.34. The molecule has 0 spiro atoms. The maximum absolute atomic E-state index is 7.26. The number of benzene rings is 14. The van der Waals surface area contributed by atoms with Gasteiger partial charge < -0.3 is 28.1 Å². The van der Waals surface area contributed by atoms with E-state index in [0.29, 0.717) is 10.8 Å². The molecule has 0 unspecified atom stereocenters. The Morgan fingerprint density at radius 2 is 0.702 bits per heavy atom. The summed E-state index contributed by atoms with van der Waals surface area (Å²) in [4.78, 5) is 4.66. The number of fused-ring (bicyclic) bond motifs is 12. The molecule has 0 fully saturated rings. The van der Waals surface area contributed by atoms with Gasteiger partial charge in [0.05, 0.1) is 5.69 Å². The first kappa shape index (κ1) is 54.4. The topological polar surface area (TPSA) is 51.2 Å². The van der Waals surface area contributed by atoms with Crippen molar-refractivity contribution in [1.29, 1.82) is 0 Å². The SMILES string of the molecule is Clc1c2cccc1N(c1ccc3c(c1)oc1ccccc13)c1cccc(c1)[Si](c1ccccc1)(c1ccccc1)c1cccc(c1)O2.c1ccc([Si]2(c3ccccc3)c3cccc4c3B3c5c(cccc5N(c5ccc6c(c5)oc5ccccc56)c5cccc2c53)O4)cc1. The molecule has 6 nitrogen and oxygen atoms in total.